The van der Waals surface area contributed by atoms with Gasteiger partial charge in [0.15, 0.2) is 16.7 Å². The number of nitrogens with one attached hydrogen (secondary N) is 1. The van der Waals surface area contributed by atoms with Crippen LogP contribution in [0.25, 0.3) is 0 Å². The van der Waals surface area contributed by atoms with Crippen molar-refractivity contribution in [3.8, 4) is 11.5 Å². The molecule has 1 aromatic heterocycles. The summed E-state index contributed by atoms with van der Waals surface area (Å²) >= 11 is 1.38. The van der Waals surface area contributed by atoms with Crippen LogP contribution in [0.4, 0.5) is 5.69 Å². The van der Waals surface area contributed by atoms with Crippen molar-refractivity contribution in [1.29, 1.82) is 0 Å². The maximum atomic E-state index is 12.2. The van der Waals surface area contributed by atoms with Gasteiger partial charge in [-0.25, -0.2) is 0 Å². The molecule has 1 aromatic carbocycles. The van der Waals surface area contributed by atoms with Crippen molar-refractivity contribution in [1.82, 2.24) is 14.8 Å². The van der Waals surface area contributed by atoms with E-state index in [9.17, 15) is 4.79 Å². The quantitative estimate of drug-likeness (QED) is 0.606. The van der Waals surface area contributed by atoms with Crippen LogP contribution < -0.4 is 14.8 Å². The lowest BCUT2D eigenvalue weighted by Gasteiger charge is -2.08. The number of aromatic nitrogens is 3. The second-order valence-electron chi connectivity index (χ2n) is 5.92. The fourth-order valence-electron chi connectivity index (χ4n) is 2.65. The molecule has 2 heterocycles. The third-order valence-electron chi connectivity index (χ3n) is 3.99. The first-order valence-electron chi connectivity index (χ1n) is 8.11. The van der Waals surface area contributed by atoms with E-state index >= 15 is 0 Å². The zero-order valence-corrected chi connectivity index (χ0v) is 14.4. The molecule has 1 amide bonds. The van der Waals surface area contributed by atoms with Gasteiger partial charge in [-0.15, -0.1) is 16.8 Å². The number of ether oxygens (including phenoxy) is 2. The molecule has 130 valence electrons. The maximum absolute atomic E-state index is 12.2. The maximum Gasteiger partial charge on any atom is 0.234 e. The number of thioether (sulfide) groups is 1. The van der Waals surface area contributed by atoms with Crippen LogP contribution in [-0.4, -0.2) is 33.2 Å². The van der Waals surface area contributed by atoms with Crippen LogP contribution in [0, 0.1) is 0 Å². The molecular weight excluding hydrogens is 340 g/mol. The molecule has 1 aliphatic heterocycles. The number of benzene rings is 1. The normalized spacial score (nSPS) is 15.2. The molecule has 2 aliphatic rings. The van der Waals surface area contributed by atoms with Gasteiger partial charge in [0.1, 0.15) is 5.82 Å². The number of carbonyl (C=O) groups is 1. The van der Waals surface area contributed by atoms with E-state index in [1.54, 1.807) is 18.2 Å². The minimum absolute atomic E-state index is 0.106. The summed E-state index contributed by atoms with van der Waals surface area (Å²) in [6, 6.07) is 5.34. The van der Waals surface area contributed by atoms with E-state index in [0.717, 1.165) is 23.8 Å². The number of allylic oxidation sites excluding steroid dienone is 1. The second kappa shape index (κ2) is 6.79. The lowest BCUT2D eigenvalue weighted by Crippen LogP contribution is -2.14. The number of amides is 1. The number of nitrogens with zero attached hydrogens (tertiary/aromatic N) is 3. The van der Waals surface area contributed by atoms with Crippen LogP contribution in [0.1, 0.15) is 24.6 Å². The van der Waals surface area contributed by atoms with Gasteiger partial charge in [-0.3, -0.25) is 4.79 Å². The predicted molar refractivity (Wildman–Crippen MR) is 94.1 cm³/mol. The Morgan fingerprint density at radius 2 is 2.20 bits per heavy atom. The summed E-state index contributed by atoms with van der Waals surface area (Å²) < 4.78 is 12.6. The molecule has 1 fully saturated rings. The Kier molecular flexibility index (Phi) is 4.35. The van der Waals surface area contributed by atoms with Crippen molar-refractivity contribution in [2.75, 3.05) is 17.9 Å². The number of anilines is 1. The Morgan fingerprint density at radius 3 is 3.00 bits per heavy atom. The van der Waals surface area contributed by atoms with Crippen LogP contribution in [-0.2, 0) is 11.3 Å². The SMILES string of the molecule is C=CCn1c(SCC(=O)Nc2ccc3c(c2)OCO3)nnc1C1CC1. The van der Waals surface area contributed by atoms with Crippen LogP contribution in [0.5, 0.6) is 11.5 Å². The molecule has 0 atom stereocenters. The van der Waals surface area contributed by atoms with Crippen LogP contribution in [0.2, 0.25) is 0 Å². The van der Waals surface area contributed by atoms with Gasteiger partial charge in [0.05, 0.1) is 5.75 Å². The molecule has 0 radical (unpaired) electrons. The fourth-order valence-corrected chi connectivity index (χ4v) is 3.41. The number of rotatable bonds is 7. The number of hydrogen-bond donors (Lipinski definition) is 1. The van der Waals surface area contributed by atoms with Crippen LogP contribution in [0.15, 0.2) is 36.0 Å². The Morgan fingerprint density at radius 1 is 1.36 bits per heavy atom. The van der Waals surface area contributed by atoms with Gasteiger partial charge in [0.2, 0.25) is 12.7 Å². The molecular formula is C17H18N4O3S. The van der Waals surface area contributed by atoms with E-state index in [2.05, 4.69) is 22.1 Å². The molecule has 0 saturated heterocycles. The lowest BCUT2D eigenvalue weighted by molar-refractivity contribution is -0.113. The molecule has 1 N–H and O–H groups in total. The Balaban J connectivity index is 1.38. The number of carbonyl (C=O) groups excluding carboxylic acids is 1. The summed E-state index contributed by atoms with van der Waals surface area (Å²) in [7, 11) is 0. The lowest BCUT2D eigenvalue weighted by atomic mass is 10.3. The van der Waals surface area contributed by atoms with E-state index in [4.69, 9.17) is 9.47 Å². The first-order valence-corrected chi connectivity index (χ1v) is 9.09. The summed E-state index contributed by atoms with van der Waals surface area (Å²) in [6.45, 7) is 4.66. The minimum Gasteiger partial charge on any atom is -0.454 e. The smallest absolute Gasteiger partial charge is 0.234 e. The van der Waals surface area contributed by atoms with Crippen molar-refractivity contribution < 1.29 is 14.3 Å². The van der Waals surface area contributed by atoms with Gasteiger partial charge in [-0.1, -0.05) is 17.8 Å². The zero-order chi connectivity index (χ0) is 17.2. The Labute approximate surface area is 149 Å². The van der Waals surface area contributed by atoms with Gasteiger partial charge in [-0.2, -0.15) is 0 Å². The molecule has 8 heteroatoms. The third kappa shape index (κ3) is 3.48. The van der Waals surface area contributed by atoms with Crippen LogP contribution in [0.3, 0.4) is 0 Å². The summed E-state index contributed by atoms with van der Waals surface area (Å²) in [5, 5.41) is 12.1. The summed E-state index contributed by atoms with van der Waals surface area (Å²) in [5.41, 5.74) is 0.682. The molecule has 0 spiro atoms. The topological polar surface area (TPSA) is 78.3 Å². The highest BCUT2D eigenvalue weighted by Crippen LogP contribution is 2.40. The summed E-state index contributed by atoms with van der Waals surface area (Å²) in [6.07, 6.45) is 4.14. The second-order valence-corrected chi connectivity index (χ2v) is 6.86. The van der Waals surface area contributed by atoms with E-state index in [0.29, 0.717) is 29.6 Å². The third-order valence-corrected chi connectivity index (χ3v) is 4.96. The number of hydrogen-bond acceptors (Lipinski definition) is 6. The first kappa shape index (κ1) is 16.0. The average Bonchev–Trinajstić information content (AvgIpc) is 3.21. The Bertz CT molecular complexity index is 816. The molecule has 7 nitrogen and oxygen atoms in total. The molecule has 2 aromatic rings. The molecule has 25 heavy (non-hydrogen) atoms. The zero-order valence-electron chi connectivity index (χ0n) is 13.6. The van der Waals surface area contributed by atoms with E-state index in [1.807, 2.05) is 10.6 Å². The molecule has 0 unspecified atom stereocenters. The standard InChI is InChI=1S/C17H18N4O3S/c1-2-7-21-16(11-3-4-11)19-20-17(21)25-9-15(22)18-12-5-6-13-14(8-12)24-10-23-13/h2,5-6,8,11H,1,3-4,7,9-10H2,(H,18,22). The van der Waals surface area contributed by atoms with Crippen molar-refractivity contribution in [2.24, 2.45) is 0 Å². The minimum atomic E-state index is -0.106. The highest BCUT2D eigenvalue weighted by molar-refractivity contribution is 7.99. The van der Waals surface area contributed by atoms with Crippen LogP contribution >= 0.6 is 11.8 Å². The average molecular weight is 358 g/mol. The van der Waals surface area contributed by atoms with E-state index in [1.165, 1.54) is 11.8 Å². The monoisotopic (exact) mass is 358 g/mol. The molecule has 1 aliphatic carbocycles. The Hall–Kier alpha value is -2.48. The van der Waals surface area contributed by atoms with Gasteiger partial charge in [0.25, 0.3) is 0 Å². The highest BCUT2D eigenvalue weighted by atomic mass is 32.2. The van der Waals surface area contributed by atoms with Gasteiger partial charge < -0.3 is 19.4 Å². The fraction of sp³-hybridized carbons (Fsp3) is 0.353. The molecule has 1 saturated carbocycles. The van der Waals surface area contributed by atoms with Crippen molar-refractivity contribution >= 4 is 23.4 Å². The van der Waals surface area contributed by atoms with E-state index < -0.39 is 0 Å². The van der Waals surface area contributed by atoms with Crippen molar-refractivity contribution in [3.05, 3.63) is 36.7 Å². The number of fused-ring (bicyclic) bond motifs is 1. The highest BCUT2D eigenvalue weighted by Gasteiger charge is 2.30. The largest absolute Gasteiger partial charge is 0.454 e. The van der Waals surface area contributed by atoms with Crippen molar-refractivity contribution in [3.63, 3.8) is 0 Å². The van der Waals surface area contributed by atoms with E-state index in [-0.39, 0.29) is 18.5 Å². The van der Waals surface area contributed by atoms with Gasteiger partial charge in [-0.05, 0) is 25.0 Å². The molecule has 0 bridgehead atoms. The summed E-state index contributed by atoms with van der Waals surface area (Å²) in [4.78, 5) is 12.2. The predicted octanol–water partition coefficient (Wildman–Crippen LogP) is 2.80. The molecule has 4 rings (SSSR count). The first-order chi connectivity index (χ1) is 12.2. The van der Waals surface area contributed by atoms with Crippen molar-refractivity contribution in [2.45, 2.75) is 30.5 Å². The summed E-state index contributed by atoms with van der Waals surface area (Å²) in [5.74, 6) is 2.99. The van der Waals surface area contributed by atoms with Gasteiger partial charge in [0, 0.05) is 24.2 Å². The van der Waals surface area contributed by atoms with Gasteiger partial charge >= 0.3 is 0 Å².